The van der Waals surface area contributed by atoms with Gasteiger partial charge >= 0.3 is 0 Å². The van der Waals surface area contributed by atoms with Crippen molar-refractivity contribution in [1.29, 1.82) is 0 Å². The Balaban J connectivity index is 2.22. The summed E-state index contributed by atoms with van der Waals surface area (Å²) in [5.41, 5.74) is 2.04. The van der Waals surface area contributed by atoms with Gasteiger partial charge in [-0.15, -0.1) is 0 Å². The monoisotopic (exact) mass is 332 g/mol. The first-order valence-electron chi connectivity index (χ1n) is 7.75. The first kappa shape index (κ1) is 18.1. The Morgan fingerprint density at radius 1 is 0.917 bits per heavy atom. The summed E-state index contributed by atoms with van der Waals surface area (Å²) in [7, 11) is 4.83. The molecule has 5 heteroatoms. The highest BCUT2D eigenvalue weighted by atomic mass is 16.7. The van der Waals surface area contributed by atoms with Crippen molar-refractivity contribution in [1.82, 2.24) is 0 Å². The van der Waals surface area contributed by atoms with Gasteiger partial charge in [-0.1, -0.05) is 18.2 Å². The predicted molar refractivity (Wildman–Crippen MR) is 92.0 cm³/mol. The van der Waals surface area contributed by atoms with Crippen molar-refractivity contribution in [2.24, 2.45) is 0 Å². The number of rotatable bonds is 9. The highest BCUT2D eigenvalue weighted by molar-refractivity contribution is 5.42. The molecule has 0 saturated heterocycles. The van der Waals surface area contributed by atoms with E-state index < -0.39 is 0 Å². The van der Waals surface area contributed by atoms with Crippen molar-refractivity contribution in [3.8, 4) is 17.2 Å². The molecule has 0 aromatic heterocycles. The lowest BCUT2D eigenvalue weighted by molar-refractivity contribution is 0.0501. The minimum absolute atomic E-state index is 0.0332. The fraction of sp³-hybridized carbons (Fsp3) is 0.368. The van der Waals surface area contributed by atoms with Crippen LogP contribution in [0.2, 0.25) is 0 Å². The summed E-state index contributed by atoms with van der Waals surface area (Å²) < 4.78 is 21.1. The van der Waals surface area contributed by atoms with Crippen LogP contribution in [0.1, 0.15) is 17.0 Å². The Labute approximate surface area is 142 Å². The SMILES string of the molecule is COCOc1cc(OC)ccc1CC(CO)c1ccc(OC)cc1. The first-order chi connectivity index (χ1) is 11.7. The molecule has 1 N–H and O–H groups in total. The molecule has 130 valence electrons. The summed E-state index contributed by atoms with van der Waals surface area (Å²) in [5, 5.41) is 9.81. The molecular weight excluding hydrogens is 308 g/mol. The van der Waals surface area contributed by atoms with Crippen LogP contribution in [-0.2, 0) is 11.2 Å². The summed E-state index contributed by atoms with van der Waals surface area (Å²) in [6.07, 6.45) is 0.645. The van der Waals surface area contributed by atoms with Crippen LogP contribution in [-0.4, -0.2) is 39.8 Å². The normalized spacial score (nSPS) is 11.8. The summed E-state index contributed by atoms with van der Waals surface area (Å²) in [4.78, 5) is 0. The second-order valence-electron chi connectivity index (χ2n) is 5.38. The van der Waals surface area contributed by atoms with Crippen molar-refractivity contribution in [3.05, 3.63) is 53.6 Å². The average Bonchev–Trinajstić information content (AvgIpc) is 2.65. The number of hydrogen-bond donors (Lipinski definition) is 1. The van der Waals surface area contributed by atoms with Crippen LogP contribution < -0.4 is 14.2 Å². The first-order valence-corrected chi connectivity index (χ1v) is 7.75. The fourth-order valence-corrected chi connectivity index (χ4v) is 2.52. The van der Waals surface area contributed by atoms with Crippen LogP contribution in [0.5, 0.6) is 17.2 Å². The number of hydrogen-bond acceptors (Lipinski definition) is 5. The van der Waals surface area contributed by atoms with Gasteiger partial charge in [0, 0.05) is 19.1 Å². The van der Waals surface area contributed by atoms with E-state index in [4.69, 9.17) is 18.9 Å². The van der Waals surface area contributed by atoms with Crippen molar-refractivity contribution >= 4 is 0 Å². The summed E-state index contributed by atoms with van der Waals surface area (Å²) in [6.45, 7) is 0.203. The third-order valence-electron chi connectivity index (χ3n) is 3.88. The minimum Gasteiger partial charge on any atom is -0.497 e. The molecule has 0 spiro atoms. The highest BCUT2D eigenvalue weighted by Gasteiger charge is 2.15. The number of ether oxygens (including phenoxy) is 4. The van der Waals surface area contributed by atoms with Gasteiger partial charge in [0.2, 0.25) is 0 Å². The topological polar surface area (TPSA) is 57.2 Å². The Bertz CT molecular complexity index is 624. The molecule has 0 radical (unpaired) electrons. The molecule has 0 heterocycles. The summed E-state index contributed by atoms with van der Waals surface area (Å²) in [6, 6.07) is 13.4. The van der Waals surface area contributed by atoms with E-state index >= 15 is 0 Å². The molecule has 1 atom stereocenters. The van der Waals surface area contributed by atoms with Crippen LogP contribution in [0.15, 0.2) is 42.5 Å². The van der Waals surface area contributed by atoms with Crippen LogP contribution >= 0.6 is 0 Å². The Hall–Kier alpha value is -2.24. The molecule has 0 aliphatic rings. The maximum Gasteiger partial charge on any atom is 0.188 e. The third-order valence-corrected chi connectivity index (χ3v) is 3.88. The maximum absolute atomic E-state index is 9.81. The lowest BCUT2D eigenvalue weighted by Gasteiger charge is -2.18. The molecule has 5 nitrogen and oxygen atoms in total. The van der Waals surface area contributed by atoms with E-state index in [2.05, 4.69) is 0 Å². The van der Waals surface area contributed by atoms with E-state index in [0.717, 1.165) is 22.6 Å². The zero-order valence-corrected chi connectivity index (χ0v) is 14.3. The van der Waals surface area contributed by atoms with Crippen LogP contribution in [0.25, 0.3) is 0 Å². The largest absolute Gasteiger partial charge is 0.497 e. The second-order valence-corrected chi connectivity index (χ2v) is 5.38. The zero-order valence-electron chi connectivity index (χ0n) is 14.3. The number of aliphatic hydroxyl groups is 1. The molecule has 24 heavy (non-hydrogen) atoms. The number of benzene rings is 2. The van der Waals surface area contributed by atoms with Gasteiger partial charge in [0.15, 0.2) is 6.79 Å². The van der Waals surface area contributed by atoms with Gasteiger partial charge in [-0.2, -0.15) is 0 Å². The minimum atomic E-state index is -0.0332. The number of methoxy groups -OCH3 is 3. The van der Waals surface area contributed by atoms with Crippen molar-refractivity contribution in [2.75, 3.05) is 34.7 Å². The molecule has 0 saturated carbocycles. The molecule has 2 rings (SSSR count). The lowest BCUT2D eigenvalue weighted by atomic mass is 9.92. The van der Waals surface area contributed by atoms with Gasteiger partial charge in [-0.25, -0.2) is 0 Å². The van der Waals surface area contributed by atoms with Gasteiger partial charge < -0.3 is 24.1 Å². The van der Waals surface area contributed by atoms with Crippen molar-refractivity contribution in [3.63, 3.8) is 0 Å². The number of aliphatic hydroxyl groups excluding tert-OH is 1. The van der Waals surface area contributed by atoms with Gasteiger partial charge in [0.25, 0.3) is 0 Å². The van der Waals surface area contributed by atoms with Gasteiger partial charge in [0.05, 0.1) is 20.8 Å². The van der Waals surface area contributed by atoms with Crippen molar-refractivity contribution < 1.29 is 24.1 Å². The molecule has 0 fully saturated rings. The van der Waals surface area contributed by atoms with Crippen LogP contribution in [0, 0.1) is 0 Å². The second kappa shape index (κ2) is 9.15. The van der Waals surface area contributed by atoms with E-state index in [1.165, 1.54) is 0 Å². The molecule has 0 aliphatic carbocycles. The van der Waals surface area contributed by atoms with Crippen molar-refractivity contribution in [2.45, 2.75) is 12.3 Å². The third kappa shape index (κ3) is 4.63. The molecule has 0 bridgehead atoms. The van der Waals surface area contributed by atoms with Gasteiger partial charge in [-0.3, -0.25) is 0 Å². The average molecular weight is 332 g/mol. The summed E-state index contributed by atoms with van der Waals surface area (Å²) in [5.74, 6) is 2.18. The smallest absolute Gasteiger partial charge is 0.188 e. The summed E-state index contributed by atoms with van der Waals surface area (Å²) >= 11 is 0. The molecule has 1 unspecified atom stereocenters. The van der Waals surface area contributed by atoms with E-state index in [1.54, 1.807) is 21.3 Å². The maximum atomic E-state index is 9.81. The lowest BCUT2D eigenvalue weighted by Crippen LogP contribution is -2.10. The molecule has 0 aliphatic heterocycles. The van der Waals surface area contributed by atoms with E-state index in [9.17, 15) is 5.11 Å². The van der Waals surface area contributed by atoms with Gasteiger partial charge in [0.1, 0.15) is 17.2 Å². The standard InChI is InChI=1S/C19H24O5/c1-21-13-24-19-11-18(23-3)9-6-15(19)10-16(12-20)14-4-7-17(22-2)8-5-14/h4-9,11,16,20H,10,12-13H2,1-3H3. The Morgan fingerprint density at radius 2 is 1.58 bits per heavy atom. The van der Waals surface area contributed by atoms with E-state index in [-0.39, 0.29) is 19.3 Å². The van der Waals surface area contributed by atoms with E-state index in [1.807, 2.05) is 42.5 Å². The quantitative estimate of drug-likeness (QED) is 0.716. The predicted octanol–water partition coefficient (Wildman–Crippen LogP) is 3.01. The highest BCUT2D eigenvalue weighted by Crippen LogP contribution is 2.30. The Kier molecular flexibility index (Phi) is 6.90. The zero-order chi connectivity index (χ0) is 17.4. The van der Waals surface area contributed by atoms with Gasteiger partial charge in [-0.05, 0) is 35.7 Å². The Morgan fingerprint density at radius 3 is 2.17 bits per heavy atom. The fourth-order valence-electron chi connectivity index (χ4n) is 2.52. The molecule has 2 aromatic carbocycles. The van der Waals surface area contributed by atoms with Crippen LogP contribution in [0.4, 0.5) is 0 Å². The molecule has 2 aromatic rings. The van der Waals surface area contributed by atoms with Crippen LogP contribution in [0.3, 0.4) is 0 Å². The molecular formula is C19H24O5. The molecule has 0 amide bonds. The van der Waals surface area contributed by atoms with E-state index in [0.29, 0.717) is 12.2 Å².